The maximum absolute atomic E-state index is 12.2. The molecule has 1 aliphatic rings. The van der Waals surface area contributed by atoms with Gasteiger partial charge < -0.3 is 11.1 Å². The lowest BCUT2D eigenvalue weighted by molar-refractivity contribution is -0.130. The van der Waals surface area contributed by atoms with E-state index >= 15 is 0 Å². The van der Waals surface area contributed by atoms with E-state index in [1.807, 2.05) is 12.1 Å². The van der Waals surface area contributed by atoms with Crippen LogP contribution in [-0.2, 0) is 11.2 Å². The predicted molar refractivity (Wildman–Crippen MR) is 76.0 cm³/mol. The first-order valence-corrected chi connectivity index (χ1v) is 7.58. The van der Waals surface area contributed by atoms with Crippen molar-refractivity contribution in [2.75, 3.05) is 13.1 Å². The van der Waals surface area contributed by atoms with Gasteiger partial charge in [-0.3, -0.25) is 4.79 Å². The molecule has 0 saturated heterocycles. The van der Waals surface area contributed by atoms with E-state index in [1.165, 1.54) is 4.88 Å². The van der Waals surface area contributed by atoms with E-state index in [1.54, 1.807) is 11.3 Å². The van der Waals surface area contributed by atoms with E-state index < -0.39 is 0 Å². The summed E-state index contributed by atoms with van der Waals surface area (Å²) in [6.45, 7) is 1.13. The summed E-state index contributed by atoms with van der Waals surface area (Å²) in [7, 11) is 0. The molecular weight excluding hydrogens is 268 g/mol. The molecule has 0 spiro atoms. The summed E-state index contributed by atoms with van der Waals surface area (Å²) in [6.07, 6.45) is 4.93. The summed E-state index contributed by atoms with van der Waals surface area (Å²) in [6, 6.07) is 3.90. The smallest absolute Gasteiger partial charge is 0.227 e. The van der Waals surface area contributed by atoms with Gasteiger partial charge in [-0.25, -0.2) is 0 Å². The van der Waals surface area contributed by atoms with Crippen molar-refractivity contribution in [1.82, 2.24) is 5.32 Å². The number of nitrogens with one attached hydrogen (secondary N) is 1. The maximum atomic E-state index is 12.2. The third kappa shape index (κ3) is 3.05. The monoisotopic (exact) mass is 286 g/mol. The quantitative estimate of drug-likeness (QED) is 0.874. The van der Waals surface area contributed by atoms with Crippen LogP contribution in [0.3, 0.4) is 0 Å². The minimum Gasteiger partial charge on any atom is -0.355 e. The molecule has 100 valence electrons. The summed E-state index contributed by atoms with van der Waals surface area (Å²) >= 11 is 7.43. The number of amides is 1. The largest absolute Gasteiger partial charge is 0.355 e. The lowest BCUT2D eigenvalue weighted by atomic mass is 9.85. The molecule has 1 aliphatic carbocycles. The van der Waals surface area contributed by atoms with Crippen molar-refractivity contribution < 1.29 is 4.79 Å². The van der Waals surface area contributed by atoms with Crippen molar-refractivity contribution >= 4 is 28.8 Å². The van der Waals surface area contributed by atoms with Crippen LogP contribution in [0, 0.1) is 5.41 Å². The van der Waals surface area contributed by atoms with Gasteiger partial charge in [-0.1, -0.05) is 24.4 Å². The highest BCUT2D eigenvalue weighted by Gasteiger charge is 2.39. The molecule has 1 aromatic rings. The number of carbonyl (C=O) groups is 1. The third-order valence-electron chi connectivity index (χ3n) is 3.72. The highest BCUT2D eigenvalue weighted by Crippen LogP contribution is 2.37. The number of thiophene rings is 1. The Morgan fingerprint density at radius 3 is 2.72 bits per heavy atom. The first kappa shape index (κ1) is 13.8. The summed E-state index contributed by atoms with van der Waals surface area (Å²) in [5.41, 5.74) is 5.48. The van der Waals surface area contributed by atoms with Gasteiger partial charge in [0.25, 0.3) is 0 Å². The Balaban J connectivity index is 1.81. The van der Waals surface area contributed by atoms with Gasteiger partial charge in [0.15, 0.2) is 0 Å². The van der Waals surface area contributed by atoms with Gasteiger partial charge in [-0.15, -0.1) is 11.3 Å². The third-order valence-corrected chi connectivity index (χ3v) is 5.01. The Morgan fingerprint density at radius 2 is 2.17 bits per heavy atom. The standard InChI is InChI=1S/C13H19ClN2OS/c14-11-4-3-10(18-11)5-8-16-12(17)13(9-15)6-1-2-7-13/h3-4H,1-2,5-9,15H2,(H,16,17). The second-order valence-corrected chi connectivity index (χ2v) is 6.70. The zero-order valence-electron chi connectivity index (χ0n) is 10.4. The molecule has 1 saturated carbocycles. The molecule has 3 nitrogen and oxygen atoms in total. The maximum Gasteiger partial charge on any atom is 0.227 e. The van der Waals surface area contributed by atoms with Crippen molar-refractivity contribution in [3.63, 3.8) is 0 Å². The lowest BCUT2D eigenvalue weighted by Gasteiger charge is -2.25. The second kappa shape index (κ2) is 6.04. The molecule has 18 heavy (non-hydrogen) atoms. The van der Waals surface area contributed by atoms with Gasteiger partial charge in [0, 0.05) is 18.0 Å². The Labute approximate surface area is 117 Å². The fourth-order valence-corrected chi connectivity index (χ4v) is 3.64. The van der Waals surface area contributed by atoms with Gasteiger partial charge in [0.2, 0.25) is 5.91 Å². The molecule has 1 fully saturated rings. The van der Waals surface area contributed by atoms with Crippen LogP contribution in [0.15, 0.2) is 12.1 Å². The molecule has 1 aromatic heterocycles. The van der Waals surface area contributed by atoms with E-state index in [-0.39, 0.29) is 11.3 Å². The van der Waals surface area contributed by atoms with E-state index in [9.17, 15) is 4.79 Å². The normalized spacial score (nSPS) is 17.9. The fourth-order valence-electron chi connectivity index (χ4n) is 2.55. The Kier molecular flexibility index (Phi) is 4.65. The SMILES string of the molecule is NCC1(C(=O)NCCc2ccc(Cl)s2)CCCC1. The fraction of sp³-hybridized carbons (Fsp3) is 0.615. The molecular formula is C13H19ClN2OS. The van der Waals surface area contributed by atoms with Gasteiger partial charge in [-0.05, 0) is 31.4 Å². The average molecular weight is 287 g/mol. The second-order valence-electron chi connectivity index (χ2n) is 4.90. The molecule has 1 heterocycles. The Hall–Kier alpha value is -0.580. The van der Waals surface area contributed by atoms with Crippen molar-refractivity contribution in [3.8, 4) is 0 Å². The van der Waals surface area contributed by atoms with Crippen LogP contribution in [0.25, 0.3) is 0 Å². The minimum absolute atomic E-state index is 0.130. The van der Waals surface area contributed by atoms with Crippen LogP contribution in [0.5, 0.6) is 0 Å². The predicted octanol–water partition coefficient (Wildman–Crippen LogP) is 2.58. The number of carbonyl (C=O) groups excluding carboxylic acids is 1. The van der Waals surface area contributed by atoms with Crippen molar-refractivity contribution in [3.05, 3.63) is 21.3 Å². The van der Waals surface area contributed by atoms with Gasteiger partial charge in [0.05, 0.1) is 9.75 Å². The van der Waals surface area contributed by atoms with Crippen LogP contribution in [0.4, 0.5) is 0 Å². The van der Waals surface area contributed by atoms with E-state index in [4.69, 9.17) is 17.3 Å². The van der Waals surface area contributed by atoms with Crippen LogP contribution < -0.4 is 11.1 Å². The van der Waals surface area contributed by atoms with Crippen LogP contribution >= 0.6 is 22.9 Å². The Bertz CT molecular complexity index is 413. The summed E-state index contributed by atoms with van der Waals surface area (Å²) in [4.78, 5) is 13.4. The summed E-state index contributed by atoms with van der Waals surface area (Å²) in [5.74, 6) is 0.130. The van der Waals surface area contributed by atoms with Crippen molar-refractivity contribution in [2.24, 2.45) is 11.1 Å². The molecule has 0 radical (unpaired) electrons. The molecule has 5 heteroatoms. The molecule has 0 aliphatic heterocycles. The minimum atomic E-state index is -0.299. The van der Waals surface area contributed by atoms with E-state index in [0.717, 1.165) is 36.4 Å². The first-order chi connectivity index (χ1) is 8.66. The first-order valence-electron chi connectivity index (χ1n) is 6.39. The summed E-state index contributed by atoms with van der Waals surface area (Å²) in [5, 5.41) is 3.02. The number of halogens is 1. The molecule has 0 unspecified atom stereocenters. The molecule has 1 amide bonds. The number of hydrogen-bond acceptors (Lipinski definition) is 3. The lowest BCUT2D eigenvalue weighted by Crippen LogP contribution is -2.44. The van der Waals surface area contributed by atoms with Gasteiger partial charge in [-0.2, -0.15) is 0 Å². The van der Waals surface area contributed by atoms with E-state index in [0.29, 0.717) is 13.1 Å². The zero-order valence-corrected chi connectivity index (χ0v) is 11.9. The highest BCUT2D eigenvalue weighted by molar-refractivity contribution is 7.16. The summed E-state index contributed by atoms with van der Waals surface area (Å²) < 4.78 is 0.797. The van der Waals surface area contributed by atoms with Crippen molar-refractivity contribution in [1.29, 1.82) is 0 Å². The van der Waals surface area contributed by atoms with Crippen LogP contribution in [0.2, 0.25) is 4.34 Å². The molecule has 2 rings (SSSR count). The topological polar surface area (TPSA) is 55.1 Å². The van der Waals surface area contributed by atoms with E-state index in [2.05, 4.69) is 5.32 Å². The molecule has 0 atom stereocenters. The molecule has 3 N–H and O–H groups in total. The number of nitrogens with two attached hydrogens (primary N) is 1. The van der Waals surface area contributed by atoms with Gasteiger partial charge in [0.1, 0.15) is 0 Å². The molecule has 0 bridgehead atoms. The number of hydrogen-bond donors (Lipinski definition) is 2. The molecule has 0 aromatic carbocycles. The van der Waals surface area contributed by atoms with Crippen LogP contribution in [0.1, 0.15) is 30.6 Å². The van der Waals surface area contributed by atoms with Gasteiger partial charge >= 0.3 is 0 Å². The van der Waals surface area contributed by atoms with Crippen molar-refractivity contribution in [2.45, 2.75) is 32.1 Å². The Morgan fingerprint density at radius 1 is 1.44 bits per heavy atom. The van der Waals surface area contributed by atoms with Crippen LogP contribution in [-0.4, -0.2) is 19.0 Å². The highest BCUT2D eigenvalue weighted by atomic mass is 35.5. The number of rotatable bonds is 5. The zero-order chi connectivity index (χ0) is 13.0. The average Bonchev–Trinajstić information content (AvgIpc) is 2.99.